The van der Waals surface area contributed by atoms with Crippen LogP contribution in [0.5, 0.6) is 0 Å². The second-order valence-corrected chi connectivity index (χ2v) is 4.26. The Morgan fingerprint density at radius 2 is 2.20 bits per heavy atom. The van der Waals surface area contributed by atoms with E-state index >= 15 is 0 Å². The number of aromatic nitrogens is 1. The lowest BCUT2D eigenvalue weighted by molar-refractivity contribution is 1.20. The molecular weight excluding hydrogens is 206 g/mol. The van der Waals surface area contributed by atoms with Crippen LogP contribution in [0.2, 0.25) is 0 Å². The quantitative estimate of drug-likeness (QED) is 0.835. The summed E-state index contributed by atoms with van der Waals surface area (Å²) in [7, 11) is 0. The SMILES string of the molecule is N#Cc1ccccc1Cc1cnc(N)s1. The average molecular weight is 215 g/mol. The van der Waals surface area contributed by atoms with Gasteiger partial charge in [0.15, 0.2) is 5.13 Å². The van der Waals surface area contributed by atoms with Crippen molar-refractivity contribution in [2.75, 3.05) is 5.73 Å². The minimum atomic E-state index is 0.569. The van der Waals surface area contributed by atoms with Crippen LogP contribution in [0.3, 0.4) is 0 Å². The van der Waals surface area contributed by atoms with Crippen molar-refractivity contribution in [3.63, 3.8) is 0 Å². The molecule has 0 fully saturated rings. The summed E-state index contributed by atoms with van der Waals surface area (Å²) >= 11 is 1.46. The van der Waals surface area contributed by atoms with Crippen molar-refractivity contribution in [2.24, 2.45) is 0 Å². The van der Waals surface area contributed by atoms with Crippen molar-refractivity contribution in [1.29, 1.82) is 5.26 Å². The van der Waals surface area contributed by atoms with Gasteiger partial charge >= 0.3 is 0 Å². The summed E-state index contributed by atoms with van der Waals surface area (Å²) in [6.07, 6.45) is 2.48. The molecule has 2 rings (SSSR count). The number of hydrogen-bond acceptors (Lipinski definition) is 4. The molecule has 15 heavy (non-hydrogen) atoms. The van der Waals surface area contributed by atoms with Gasteiger partial charge in [0.2, 0.25) is 0 Å². The molecule has 0 aliphatic rings. The van der Waals surface area contributed by atoms with Crippen molar-refractivity contribution in [1.82, 2.24) is 4.98 Å². The van der Waals surface area contributed by atoms with Crippen molar-refractivity contribution in [3.8, 4) is 6.07 Å². The van der Waals surface area contributed by atoms with Crippen molar-refractivity contribution in [3.05, 3.63) is 46.5 Å². The van der Waals surface area contributed by atoms with Crippen LogP contribution in [0.4, 0.5) is 5.13 Å². The van der Waals surface area contributed by atoms with Gasteiger partial charge in [-0.05, 0) is 11.6 Å². The zero-order valence-electron chi connectivity index (χ0n) is 7.97. The number of anilines is 1. The smallest absolute Gasteiger partial charge is 0.180 e. The summed E-state index contributed by atoms with van der Waals surface area (Å²) in [4.78, 5) is 5.06. The number of nitrogen functional groups attached to an aromatic ring is 1. The second kappa shape index (κ2) is 4.11. The maximum Gasteiger partial charge on any atom is 0.180 e. The van der Waals surface area contributed by atoms with Crippen LogP contribution in [-0.4, -0.2) is 4.98 Å². The van der Waals surface area contributed by atoms with Crippen LogP contribution in [0, 0.1) is 11.3 Å². The van der Waals surface area contributed by atoms with Crippen LogP contribution in [-0.2, 0) is 6.42 Å². The number of rotatable bonds is 2. The molecule has 4 heteroatoms. The Bertz CT molecular complexity index is 511. The summed E-state index contributed by atoms with van der Waals surface area (Å²) in [5.74, 6) is 0. The monoisotopic (exact) mass is 215 g/mol. The van der Waals surface area contributed by atoms with E-state index in [-0.39, 0.29) is 0 Å². The standard InChI is InChI=1S/C11H9N3S/c12-6-9-4-2-1-3-8(9)5-10-7-14-11(13)15-10/h1-4,7H,5H2,(H2,13,14). The first-order chi connectivity index (χ1) is 7.29. The van der Waals surface area contributed by atoms with Gasteiger partial charge in [-0.2, -0.15) is 5.26 Å². The Labute approximate surface area is 91.8 Å². The predicted molar refractivity (Wildman–Crippen MR) is 60.5 cm³/mol. The molecule has 2 aromatic rings. The molecule has 3 nitrogen and oxygen atoms in total. The maximum atomic E-state index is 8.91. The van der Waals surface area contributed by atoms with E-state index in [4.69, 9.17) is 11.0 Å². The summed E-state index contributed by atoms with van der Waals surface area (Å²) < 4.78 is 0. The first-order valence-corrected chi connectivity index (χ1v) is 5.29. The van der Waals surface area contributed by atoms with Gasteiger partial charge in [0.25, 0.3) is 0 Å². The van der Waals surface area contributed by atoms with Gasteiger partial charge in [-0.15, -0.1) is 11.3 Å². The van der Waals surface area contributed by atoms with E-state index in [9.17, 15) is 0 Å². The Morgan fingerprint density at radius 3 is 2.87 bits per heavy atom. The highest BCUT2D eigenvalue weighted by molar-refractivity contribution is 7.15. The third kappa shape index (κ3) is 2.14. The van der Waals surface area contributed by atoms with Gasteiger partial charge in [-0.1, -0.05) is 18.2 Å². The second-order valence-electron chi connectivity index (χ2n) is 3.11. The number of nitrogens with zero attached hydrogens (tertiary/aromatic N) is 2. The topological polar surface area (TPSA) is 62.7 Å². The van der Waals surface area contributed by atoms with Gasteiger partial charge in [-0.25, -0.2) is 4.98 Å². The minimum Gasteiger partial charge on any atom is -0.375 e. The first-order valence-electron chi connectivity index (χ1n) is 4.48. The maximum absolute atomic E-state index is 8.91. The summed E-state index contributed by atoms with van der Waals surface area (Å²) in [6, 6.07) is 9.74. The zero-order chi connectivity index (χ0) is 10.7. The third-order valence-electron chi connectivity index (χ3n) is 2.07. The molecule has 0 radical (unpaired) electrons. The van der Waals surface area contributed by atoms with E-state index in [1.165, 1.54) is 11.3 Å². The molecule has 1 aromatic heterocycles. The molecule has 0 unspecified atom stereocenters. The molecule has 0 saturated heterocycles. The van der Waals surface area contributed by atoms with Crippen LogP contribution < -0.4 is 5.73 Å². The third-order valence-corrected chi connectivity index (χ3v) is 2.90. The van der Waals surface area contributed by atoms with Crippen molar-refractivity contribution < 1.29 is 0 Å². The van der Waals surface area contributed by atoms with Gasteiger partial charge in [-0.3, -0.25) is 0 Å². The predicted octanol–water partition coefficient (Wildman–Crippen LogP) is 2.19. The minimum absolute atomic E-state index is 0.569. The zero-order valence-corrected chi connectivity index (χ0v) is 8.79. The Morgan fingerprint density at radius 1 is 1.40 bits per heavy atom. The molecule has 0 atom stereocenters. The van der Waals surface area contributed by atoms with Gasteiger partial charge in [0.05, 0.1) is 11.6 Å². The first kappa shape index (κ1) is 9.69. The van der Waals surface area contributed by atoms with Gasteiger partial charge in [0.1, 0.15) is 0 Å². The molecular formula is C11H9N3S. The van der Waals surface area contributed by atoms with Gasteiger partial charge in [0, 0.05) is 17.5 Å². The number of hydrogen-bond donors (Lipinski definition) is 1. The Kier molecular flexibility index (Phi) is 2.66. The van der Waals surface area contributed by atoms with E-state index in [2.05, 4.69) is 11.1 Å². The molecule has 74 valence electrons. The number of nitriles is 1. The molecule has 0 spiro atoms. The van der Waals surface area contributed by atoms with E-state index in [1.54, 1.807) is 6.20 Å². The van der Waals surface area contributed by atoms with Crippen LogP contribution in [0.1, 0.15) is 16.0 Å². The fourth-order valence-corrected chi connectivity index (χ4v) is 2.08. The molecule has 0 amide bonds. The lowest BCUT2D eigenvalue weighted by atomic mass is 10.1. The van der Waals surface area contributed by atoms with E-state index in [0.29, 0.717) is 10.7 Å². The largest absolute Gasteiger partial charge is 0.375 e. The van der Waals surface area contributed by atoms with Crippen molar-refractivity contribution >= 4 is 16.5 Å². The Hall–Kier alpha value is -1.86. The molecule has 0 aliphatic heterocycles. The highest BCUT2D eigenvalue weighted by Crippen LogP contribution is 2.20. The molecule has 2 N–H and O–H groups in total. The molecule has 1 heterocycles. The van der Waals surface area contributed by atoms with Crippen LogP contribution in [0.15, 0.2) is 30.5 Å². The number of thiazole rings is 1. The summed E-state index contributed by atoms with van der Waals surface area (Å²) in [5, 5.41) is 9.48. The lowest BCUT2D eigenvalue weighted by Gasteiger charge is -2.00. The Balaban J connectivity index is 2.28. The fraction of sp³-hybridized carbons (Fsp3) is 0.0909. The lowest BCUT2D eigenvalue weighted by Crippen LogP contribution is -1.89. The fourth-order valence-electron chi connectivity index (χ4n) is 1.38. The van der Waals surface area contributed by atoms with E-state index in [1.807, 2.05) is 24.3 Å². The van der Waals surface area contributed by atoms with Gasteiger partial charge < -0.3 is 5.73 Å². The van der Waals surface area contributed by atoms with Crippen LogP contribution >= 0.6 is 11.3 Å². The number of nitrogens with two attached hydrogens (primary N) is 1. The molecule has 0 aliphatic carbocycles. The highest BCUT2D eigenvalue weighted by Gasteiger charge is 2.04. The van der Waals surface area contributed by atoms with E-state index in [0.717, 1.165) is 16.9 Å². The molecule has 0 bridgehead atoms. The van der Waals surface area contributed by atoms with E-state index < -0.39 is 0 Å². The summed E-state index contributed by atoms with van der Waals surface area (Å²) in [6.45, 7) is 0. The van der Waals surface area contributed by atoms with Crippen LogP contribution in [0.25, 0.3) is 0 Å². The molecule has 1 aromatic carbocycles. The molecule has 0 saturated carbocycles. The van der Waals surface area contributed by atoms with Crippen molar-refractivity contribution in [2.45, 2.75) is 6.42 Å². The summed E-state index contributed by atoms with van der Waals surface area (Å²) in [5.41, 5.74) is 7.27. The highest BCUT2D eigenvalue weighted by atomic mass is 32.1. The average Bonchev–Trinajstić information content (AvgIpc) is 2.65. The normalized spacial score (nSPS) is 9.80. The number of benzene rings is 1.